The number of benzene rings is 2. The molecule has 2 aromatic carbocycles. The molecule has 0 radical (unpaired) electrons. The van der Waals surface area contributed by atoms with Crippen molar-refractivity contribution in [2.45, 2.75) is 36.4 Å². The third kappa shape index (κ3) is 5.98. The molecule has 2 amide bonds. The quantitative estimate of drug-likeness (QED) is 0.732. The first kappa shape index (κ1) is 21.2. The van der Waals surface area contributed by atoms with Crippen molar-refractivity contribution in [3.05, 3.63) is 59.2 Å². The second-order valence-corrected chi connectivity index (χ2v) is 7.95. The van der Waals surface area contributed by atoms with Gasteiger partial charge in [0.15, 0.2) is 0 Å². The Bertz CT molecular complexity index is 901. The first-order valence-electron chi connectivity index (χ1n) is 8.83. The van der Waals surface area contributed by atoms with Crippen molar-refractivity contribution < 1.29 is 27.5 Å². The Morgan fingerprint density at radius 2 is 1.86 bits per heavy atom. The van der Waals surface area contributed by atoms with Gasteiger partial charge < -0.3 is 15.4 Å². The summed E-state index contributed by atoms with van der Waals surface area (Å²) in [7, 11) is 0. The van der Waals surface area contributed by atoms with Crippen molar-refractivity contribution in [2.75, 3.05) is 11.9 Å². The highest BCUT2D eigenvalue weighted by atomic mass is 32.2. The molecule has 0 unspecified atom stereocenters. The maximum atomic E-state index is 12.4. The normalized spacial score (nSPS) is 16.1. The highest BCUT2D eigenvalue weighted by Gasteiger charge is 2.27. The van der Waals surface area contributed by atoms with Gasteiger partial charge in [-0.1, -0.05) is 24.3 Å². The summed E-state index contributed by atoms with van der Waals surface area (Å²) >= 11 is 1.44. The second-order valence-electron chi connectivity index (χ2n) is 6.57. The summed E-state index contributed by atoms with van der Waals surface area (Å²) in [5.74, 6) is -0.386. The number of nitrogens with one attached hydrogen (secondary N) is 2. The van der Waals surface area contributed by atoms with Crippen LogP contribution in [0.3, 0.4) is 0 Å². The standard InChI is InChI=1S/C20H19F3N2O3S/c1-12-18(26)25-16-8-15(6-7-17(16)29-12)19(27)24-9-13-2-4-14(5-3-13)10-28-11-20(21,22)23/h2-8,12H,9-11H2,1H3,(H,24,27)(H,25,26)/t12-/m1/s1. The summed E-state index contributed by atoms with van der Waals surface area (Å²) in [4.78, 5) is 25.1. The van der Waals surface area contributed by atoms with Crippen LogP contribution in [-0.2, 0) is 22.7 Å². The van der Waals surface area contributed by atoms with Gasteiger partial charge in [0, 0.05) is 17.0 Å². The lowest BCUT2D eigenvalue weighted by Crippen LogP contribution is -2.27. The Kier molecular flexibility index (Phi) is 6.49. The lowest BCUT2D eigenvalue weighted by atomic mass is 10.1. The Morgan fingerprint density at radius 1 is 1.17 bits per heavy atom. The Labute approximate surface area is 170 Å². The zero-order chi connectivity index (χ0) is 21.0. The van der Waals surface area contributed by atoms with Crippen molar-refractivity contribution in [1.29, 1.82) is 0 Å². The third-order valence-corrected chi connectivity index (χ3v) is 5.36. The number of hydrogen-bond acceptors (Lipinski definition) is 4. The molecule has 2 aromatic rings. The van der Waals surface area contributed by atoms with E-state index in [0.29, 0.717) is 16.8 Å². The number of fused-ring (bicyclic) bond motifs is 1. The van der Waals surface area contributed by atoms with E-state index in [2.05, 4.69) is 15.4 Å². The minimum absolute atomic E-state index is 0.0978. The molecule has 0 saturated heterocycles. The smallest absolute Gasteiger partial charge is 0.367 e. The number of halogens is 3. The zero-order valence-corrected chi connectivity index (χ0v) is 16.3. The van der Waals surface area contributed by atoms with E-state index < -0.39 is 12.8 Å². The van der Waals surface area contributed by atoms with Crippen molar-refractivity contribution >= 4 is 29.3 Å². The van der Waals surface area contributed by atoms with Crippen molar-refractivity contribution in [3.8, 4) is 0 Å². The van der Waals surface area contributed by atoms with Crippen LogP contribution in [0.2, 0.25) is 0 Å². The number of carbonyl (C=O) groups is 2. The van der Waals surface area contributed by atoms with Gasteiger partial charge in [0.05, 0.1) is 17.5 Å². The molecule has 2 N–H and O–H groups in total. The molecular weight excluding hydrogens is 405 g/mol. The van der Waals surface area contributed by atoms with E-state index in [-0.39, 0.29) is 30.2 Å². The average Bonchev–Trinajstić information content (AvgIpc) is 2.66. The zero-order valence-electron chi connectivity index (χ0n) is 15.5. The number of alkyl halides is 3. The van der Waals surface area contributed by atoms with Gasteiger partial charge in [0.2, 0.25) is 5.91 Å². The highest BCUT2D eigenvalue weighted by molar-refractivity contribution is 8.00. The molecule has 1 heterocycles. The van der Waals surface area contributed by atoms with E-state index in [1.165, 1.54) is 11.8 Å². The molecule has 0 bridgehead atoms. The van der Waals surface area contributed by atoms with Crippen LogP contribution in [-0.4, -0.2) is 29.8 Å². The fourth-order valence-corrected chi connectivity index (χ4v) is 3.60. The lowest BCUT2D eigenvalue weighted by molar-refractivity contribution is -0.176. The van der Waals surface area contributed by atoms with Crippen LogP contribution >= 0.6 is 11.8 Å². The molecule has 5 nitrogen and oxygen atoms in total. The Balaban J connectivity index is 1.53. The summed E-state index contributed by atoms with van der Waals surface area (Å²) in [6.45, 7) is 0.655. The Hall–Kier alpha value is -2.52. The predicted molar refractivity (Wildman–Crippen MR) is 104 cm³/mol. The largest absolute Gasteiger partial charge is 0.411 e. The van der Waals surface area contributed by atoms with E-state index >= 15 is 0 Å². The van der Waals surface area contributed by atoms with Crippen LogP contribution in [0.1, 0.15) is 28.4 Å². The monoisotopic (exact) mass is 424 g/mol. The molecule has 1 atom stereocenters. The molecule has 0 fully saturated rings. The maximum Gasteiger partial charge on any atom is 0.411 e. The van der Waals surface area contributed by atoms with E-state index in [4.69, 9.17) is 0 Å². The minimum Gasteiger partial charge on any atom is -0.367 e. The third-order valence-electron chi connectivity index (χ3n) is 4.18. The predicted octanol–water partition coefficient (Wildman–Crippen LogP) is 4.13. The van der Waals surface area contributed by atoms with E-state index in [9.17, 15) is 22.8 Å². The van der Waals surface area contributed by atoms with Crippen LogP contribution in [0.25, 0.3) is 0 Å². The van der Waals surface area contributed by atoms with E-state index in [1.807, 2.05) is 6.92 Å². The fourth-order valence-electron chi connectivity index (χ4n) is 2.67. The summed E-state index contributed by atoms with van der Waals surface area (Å²) in [6.07, 6.45) is -4.35. The van der Waals surface area contributed by atoms with Crippen molar-refractivity contribution in [3.63, 3.8) is 0 Å². The number of hydrogen-bond donors (Lipinski definition) is 2. The lowest BCUT2D eigenvalue weighted by Gasteiger charge is -2.21. The van der Waals surface area contributed by atoms with Crippen LogP contribution in [0.4, 0.5) is 18.9 Å². The molecule has 0 spiro atoms. The fraction of sp³-hybridized carbons (Fsp3) is 0.300. The van der Waals surface area contributed by atoms with Crippen LogP contribution < -0.4 is 10.6 Å². The van der Waals surface area contributed by atoms with Gasteiger partial charge in [-0.25, -0.2) is 0 Å². The number of anilines is 1. The summed E-state index contributed by atoms with van der Waals surface area (Å²) in [5.41, 5.74) is 2.46. The van der Waals surface area contributed by atoms with Gasteiger partial charge in [-0.15, -0.1) is 11.8 Å². The van der Waals surface area contributed by atoms with E-state index in [1.54, 1.807) is 42.5 Å². The number of ether oxygens (including phenoxy) is 1. The number of carbonyl (C=O) groups excluding carboxylic acids is 2. The summed E-state index contributed by atoms with van der Waals surface area (Å²) < 4.78 is 40.9. The van der Waals surface area contributed by atoms with Crippen molar-refractivity contribution in [1.82, 2.24) is 5.32 Å². The molecule has 0 aromatic heterocycles. The SMILES string of the molecule is C[C@H]1Sc2ccc(C(=O)NCc3ccc(COCC(F)(F)F)cc3)cc2NC1=O. The maximum absolute atomic E-state index is 12.4. The molecule has 3 rings (SSSR count). The molecule has 154 valence electrons. The van der Waals surface area contributed by atoms with Crippen LogP contribution in [0.15, 0.2) is 47.4 Å². The number of thioether (sulfide) groups is 1. The van der Waals surface area contributed by atoms with Gasteiger partial charge in [-0.05, 0) is 36.2 Å². The molecule has 1 aliphatic heterocycles. The van der Waals surface area contributed by atoms with Crippen LogP contribution in [0, 0.1) is 0 Å². The van der Waals surface area contributed by atoms with Gasteiger partial charge in [0.25, 0.3) is 5.91 Å². The average molecular weight is 424 g/mol. The molecule has 9 heteroatoms. The highest BCUT2D eigenvalue weighted by Crippen LogP contribution is 2.35. The van der Waals surface area contributed by atoms with Crippen LogP contribution in [0.5, 0.6) is 0 Å². The topological polar surface area (TPSA) is 67.4 Å². The molecule has 0 saturated carbocycles. The molecule has 0 aliphatic carbocycles. The molecule has 29 heavy (non-hydrogen) atoms. The summed E-state index contributed by atoms with van der Waals surface area (Å²) in [6, 6.07) is 11.9. The first-order chi connectivity index (χ1) is 13.7. The molecule has 1 aliphatic rings. The van der Waals surface area contributed by atoms with Gasteiger partial charge in [-0.3, -0.25) is 9.59 Å². The Morgan fingerprint density at radius 3 is 2.55 bits per heavy atom. The minimum atomic E-state index is -4.35. The number of amides is 2. The van der Waals surface area contributed by atoms with Gasteiger partial charge in [0.1, 0.15) is 6.61 Å². The molecular formula is C20H19F3N2O3S. The summed E-state index contributed by atoms with van der Waals surface area (Å²) in [5, 5.41) is 5.40. The van der Waals surface area contributed by atoms with Gasteiger partial charge >= 0.3 is 6.18 Å². The van der Waals surface area contributed by atoms with Gasteiger partial charge in [-0.2, -0.15) is 13.2 Å². The van der Waals surface area contributed by atoms with Crippen molar-refractivity contribution in [2.24, 2.45) is 0 Å². The number of rotatable bonds is 6. The van der Waals surface area contributed by atoms with E-state index in [0.717, 1.165) is 10.5 Å². The second kappa shape index (κ2) is 8.87. The first-order valence-corrected chi connectivity index (χ1v) is 9.71.